The van der Waals surface area contributed by atoms with Crippen molar-refractivity contribution in [1.29, 1.82) is 0 Å². The summed E-state index contributed by atoms with van der Waals surface area (Å²) in [5.74, 6) is -1.05. The molecule has 28 heavy (non-hydrogen) atoms. The third kappa shape index (κ3) is 4.71. The zero-order chi connectivity index (χ0) is 19.9. The van der Waals surface area contributed by atoms with Crippen LogP contribution in [0.15, 0.2) is 84.9 Å². The molecular weight excluding hydrogens is 352 g/mol. The van der Waals surface area contributed by atoms with Crippen LogP contribution in [0, 0.1) is 0 Å². The Bertz CT molecular complexity index is 968. The molecule has 0 aliphatic carbocycles. The smallest absolute Gasteiger partial charge is 0.251 e. The molecule has 3 aromatic rings. The molecule has 0 aromatic heterocycles. The van der Waals surface area contributed by atoms with Gasteiger partial charge in [-0.05, 0) is 17.7 Å². The maximum atomic E-state index is 12.5. The average molecular weight is 372 g/mol. The Morgan fingerprint density at radius 2 is 1.21 bits per heavy atom. The molecule has 0 spiro atoms. The quantitative estimate of drug-likeness (QED) is 0.625. The number of hydrogen-bond donors (Lipinski definition) is 2. The number of amides is 2. The SMILES string of the molecule is NC(=O)[C@H](Cc1ccc(C(=O)c2ccccc2)cc1)NC(=O)c1ccccc1. The van der Waals surface area contributed by atoms with Crippen LogP contribution in [0.2, 0.25) is 0 Å². The summed E-state index contributed by atoms with van der Waals surface area (Å²) in [7, 11) is 0. The van der Waals surface area contributed by atoms with E-state index < -0.39 is 11.9 Å². The van der Waals surface area contributed by atoms with Gasteiger partial charge in [0.05, 0.1) is 0 Å². The fourth-order valence-electron chi connectivity index (χ4n) is 2.84. The molecule has 5 nitrogen and oxygen atoms in total. The Balaban J connectivity index is 1.69. The lowest BCUT2D eigenvalue weighted by atomic mass is 9.99. The second kappa shape index (κ2) is 8.77. The van der Waals surface area contributed by atoms with Crippen LogP contribution in [0.1, 0.15) is 31.8 Å². The van der Waals surface area contributed by atoms with E-state index in [0.29, 0.717) is 16.7 Å². The van der Waals surface area contributed by atoms with Gasteiger partial charge in [0.15, 0.2) is 5.78 Å². The summed E-state index contributed by atoms with van der Waals surface area (Å²) in [6.07, 6.45) is 0.244. The molecule has 0 aliphatic heterocycles. The number of nitrogens with two attached hydrogens (primary N) is 1. The largest absolute Gasteiger partial charge is 0.368 e. The number of hydrogen-bond acceptors (Lipinski definition) is 3. The van der Waals surface area contributed by atoms with E-state index in [2.05, 4.69) is 5.32 Å². The monoisotopic (exact) mass is 372 g/mol. The van der Waals surface area contributed by atoms with Crippen molar-refractivity contribution in [2.75, 3.05) is 0 Å². The molecule has 3 rings (SSSR count). The second-order valence-electron chi connectivity index (χ2n) is 6.39. The highest BCUT2D eigenvalue weighted by Crippen LogP contribution is 2.12. The minimum Gasteiger partial charge on any atom is -0.368 e. The maximum Gasteiger partial charge on any atom is 0.251 e. The molecule has 3 N–H and O–H groups in total. The van der Waals surface area contributed by atoms with Gasteiger partial charge in [-0.25, -0.2) is 0 Å². The first-order chi connectivity index (χ1) is 13.5. The third-order valence-corrected chi connectivity index (χ3v) is 4.38. The summed E-state index contributed by atoms with van der Waals surface area (Å²) in [5.41, 5.74) is 7.87. The van der Waals surface area contributed by atoms with Crippen molar-refractivity contribution in [3.63, 3.8) is 0 Å². The maximum absolute atomic E-state index is 12.5. The number of nitrogens with one attached hydrogen (secondary N) is 1. The van der Waals surface area contributed by atoms with Gasteiger partial charge in [-0.15, -0.1) is 0 Å². The lowest BCUT2D eigenvalue weighted by Gasteiger charge is -2.16. The highest BCUT2D eigenvalue weighted by atomic mass is 16.2. The molecule has 140 valence electrons. The lowest BCUT2D eigenvalue weighted by Crippen LogP contribution is -2.45. The van der Waals surface area contributed by atoms with E-state index in [9.17, 15) is 14.4 Å². The molecule has 0 bridgehead atoms. The minimum atomic E-state index is -0.844. The molecule has 2 amide bonds. The van der Waals surface area contributed by atoms with Crippen molar-refractivity contribution in [3.8, 4) is 0 Å². The Labute approximate surface area is 163 Å². The Morgan fingerprint density at radius 3 is 1.75 bits per heavy atom. The molecule has 1 atom stereocenters. The van der Waals surface area contributed by atoms with Crippen molar-refractivity contribution in [2.45, 2.75) is 12.5 Å². The predicted octanol–water partition coefficient (Wildman–Crippen LogP) is 2.74. The first-order valence-corrected chi connectivity index (χ1v) is 8.88. The fourth-order valence-corrected chi connectivity index (χ4v) is 2.84. The topological polar surface area (TPSA) is 89.3 Å². The Kier molecular flexibility index (Phi) is 5.97. The van der Waals surface area contributed by atoms with Gasteiger partial charge in [-0.1, -0.05) is 72.8 Å². The summed E-state index contributed by atoms with van der Waals surface area (Å²) in [6.45, 7) is 0. The molecule has 0 saturated carbocycles. The molecule has 0 unspecified atom stereocenters. The van der Waals surface area contributed by atoms with Gasteiger partial charge >= 0.3 is 0 Å². The van der Waals surface area contributed by atoms with Crippen LogP contribution in [0.5, 0.6) is 0 Å². The summed E-state index contributed by atoms with van der Waals surface area (Å²) >= 11 is 0. The molecular formula is C23H20N2O3. The average Bonchev–Trinajstić information content (AvgIpc) is 2.74. The van der Waals surface area contributed by atoms with Gasteiger partial charge in [0, 0.05) is 23.1 Å². The van der Waals surface area contributed by atoms with E-state index in [0.717, 1.165) is 5.56 Å². The van der Waals surface area contributed by atoms with Crippen LogP contribution < -0.4 is 11.1 Å². The van der Waals surface area contributed by atoms with E-state index in [-0.39, 0.29) is 18.1 Å². The summed E-state index contributed by atoms with van der Waals surface area (Å²) in [5, 5.41) is 2.66. The van der Waals surface area contributed by atoms with Crippen molar-refractivity contribution in [1.82, 2.24) is 5.32 Å². The van der Waals surface area contributed by atoms with Crippen molar-refractivity contribution in [3.05, 3.63) is 107 Å². The van der Waals surface area contributed by atoms with E-state index in [1.54, 1.807) is 66.7 Å². The number of carbonyl (C=O) groups is 3. The van der Waals surface area contributed by atoms with Crippen LogP contribution >= 0.6 is 0 Å². The number of carbonyl (C=O) groups excluding carboxylic acids is 3. The number of primary amides is 1. The molecule has 0 saturated heterocycles. The fraction of sp³-hybridized carbons (Fsp3) is 0.0870. The molecule has 0 aliphatic rings. The van der Waals surface area contributed by atoms with Crippen LogP contribution in [0.25, 0.3) is 0 Å². The first-order valence-electron chi connectivity index (χ1n) is 8.88. The summed E-state index contributed by atoms with van der Waals surface area (Å²) in [6, 6.07) is 23.7. The van der Waals surface area contributed by atoms with E-state index in [4.69, 9.17) is 5.73 Å². The third-order valence-electron chi connectivity index (χ3n) is 4.38. The predicted molar refractivity (Wildman–Crippen MR) is 107 cm³/mol. The van der Waals surface area contributed by atoms with Gasteiger partial charge in [0.1, 0.15) is 6.04 Å². The van der Waals surface area contributed by atoms with E-state index in [1.807, 2.05) is 18.2 Å². The summed E-state index contributed by atoms with van der Waals surface area (Å²) in [4.78, 5) is 36.5. The van der Waals surface area contributed by atoms with E-state index >= 15 is 0 Å². The highest BCUT2D eigenvalue weighted by Gasteiger charge is 2.19. The zero-order valence-corrected chi connectivity index (χ0v) is 15.2. The van der Waals surface area contributed by atoms with E-state index in [1.165, 1.54) is 0 Å². The Morgan fingerprint density at radius 1 is 0.714 bits per heavy atom. The van der Waals surface area contributed by atoms with Crippen LogP contribution in [-0.2, 0) is 11.2 Å². The van der Waals surface area contributed by atoms with Crippen molar-refractivity contribution >= 4 is 17.6 Å². The normalized spacial score (nSPS) is 11.4. The number of benzene rings is 3. The number of ketones is 1. The zero-order valence-electron chi connectivity index (χ0n) is 15.2. The van der Waals surface area contributed by atoms with Gasteiger partial charge in [0.2, 0.25) is 5.91 Å². The molecule has 0 heterocycles. The van der Waals surface area contributed by atoms with Gasteiger partial charge in [0.25, 0.3) is 5.91 Å². The Hall–Kier alpha value is -3.73. The molecule has 0 fully saturated rings. The van der Waals surface area contributed by atoms with Crippen LogP contribution in [-0.4, -0.2) is 23.6 Å². The lowest BCUT2D eigenvalue weighted by molar-refractivity contribution is -0.119. The number of rotatable bonds is 7. The van der Waals surface area contributed by atoms with Gasteiger partial charge in [-0.3, -0.25) is 14.4 Å². The van der Waals surface area contributed by atoms with Crippen molar-refractivity contribution < 1.29 is 14.4 Å². The standard InChI is InChI=1S/C23H20N2O3/c24-22(27)20(25-23(28)19-9-5-2-6-10-19)15-16-11-13-18(14-12-16)21(26)17-7-3-1-4-8-17/h1-14,20H,15H2,(H2,24,27)(H,25,28)/t20-/m0/s1. The van der Waals surface area contributed by atoms with Crippen LogP contribution in [0.3, 0.4) is 0 Å². The minimum absolute atomic E-state index is 0.0732. The van der Waals surface area contributed by atoms with Gasteiger partial charge < -0.3 is 11.1 Å². The van der Waals surface area contributed by atoms with Gasteiger partial charge in [-0.2, -0.15) is 0 Å². The first kappa shape index (κ1) is 19.0. The summed E-state index contributed by atoms with van der Waals surface area (Å²) < 4.78 is 0. The highest BCUT2D eigenvalue weighted by molar-refractivity contribution is 6.08. The molecule has 5 heteroatoms. The second-order valence-corrected chi connectivity index (χ2v) is 6.39. The molecule has 0 radical (unpaired) electrons. The van der Waals surface area contributed by atoms with Crippen LogP contribution in [0.4, 0.5) is 0 Å². The van der Waals surface area contributed by atoms with Crippen molar-refractivity contribution in [2.24, 2.45) is 5.73 Å². The molecule has 3 aromatic carbocycles.